The summed E-state index contributed by atoms with van der Waals surface area (Å²) in [6.45, 7) is 1.23. The number of rotatable bonds is 2. The minimum absolute atomic E-state index is 0.0385. The van der Waals surface area contributed by atoms with E-state index in [1.54, 1.807) is 0 Å². The predicted octanol–water partition coefficient (Wildman–Crippen LogP) is 2.84. The first-order valence-electron chi connectivity index (χ1n) is 5.82. The van der Waals surface area contributed by atoms with Crippen LogP contribution in [0.5, 0.6) is 5.75 Å². The van der Waals surface area contributed by atoms with Gasteiger partial charge in [0.1, 0.15) is 5.75 Å². The summed E-state index contributed by atoms with van der Waals surface area (Å²) in [5, 5.41) is 9.08. The lowest BCUT2D eigenvalue weighted by atomic mass is 9.85. The van der Waals surface area contributed by atoms with Gasteiger partial charge in [-0.05, 0) is 30.7 Å². The third-order valence-electron chi connectivity index (χ3n) is 3.24. The van der Waals surface area contributed by atoms with Gasteiger partial charge >= 0.3 is 12.1 Å². The number of nitrogens with two attached hydrogens (primary N) is 1. The van der Waals surface area contributed by atoms with Crippen LogP contribution in [0.4, 0.5) is 18.9 Å². The van der Waals surface area contributed by atoms with Gasteiger partial charge in [0.15, 0.2) is 0 Å². The quantitative estimate of drug-likeness (QED) is 0.820. The maximum atomic E-state index is 13.3. The smallest absolute Gasteiger partial charge is 0.432 e. The van der Waals surface area contributed by atoms with E-state index < -0.39 is 29.7 Å². The Labute approximate surface area is 112 Å². The number of carboxylic acid groups (broad SMARTS) is 1. The van der Waals surface area contributed by atoms with Crippen LogP contribution in [-0.4, -0.2) is 22.9 Å². The first-order chi connectivity index (χ1) is 9.21. The molecular formula is C13H12F3NO3. The Morgan fingerprint density at radius 3 is 2.60 bits per heavy atom. The molecule has 1 aromatic carbocycles. The Hall–Kier alpha value is -2.18. The normalized spacial score (nSPS) is 21.7. The van der Waals surface area contributed by atoms with Gasteiger partial charge in [0.05, 0.1) is 5.57 Å². The number of hydrogen-bond acceptors (Lipinski definition) is 3. The van der Waals surface area contributed by atoms with Crippen molar-refractivity contribution < 1.29 is 27.8 Å². The van der Waals surface area contributed by atoms with E-state index in [0.717, 1.165) is 6.08 Å². The highest BCUT2D eigenvalue weighted by molar-refractivity contribution is 5.96. The minimum atomic E-state index is -4.84. The summed E-state index contributed by atoms with van der Waals surface area (Å²) in [5.41, 5.74) is 2.38. The number of aliphatic carboxylic acids is 1. The number of hydrogen-bond donors (Lipinski definition) is 2. The molecular weight excluding hydrogens is 275 g/mol. The van der Waals surface area contributed by atoms with Crippen LogP contribution in [0.25, 0.3) is 6.08 Å². The molecule has 0 aliphatic carbocycles. The van der Waals surface area contributed by atoms with E-state index >= 15 is 0 Å². The van der Waals surface area contributed by atoms with E-state index in [2.05, 4.69) is 0 Å². The number of benzene rings is 1. The van der Waals surface area contributed by atoms with Gasteiger partial charge in [0.25, 0.3) is 0 Å². The molecule has 1 aliphatic rings. The first kappa shape index (κ1) is 14.2. The highest BCUT2D eigenvalue weighted by atomic mass is 19.4. The number of halogens is 3. The minimum Gasteiger partial charge on any atom is -0.478 e. The number of carbonyl (C=O) groups is 1. The second kappa shape index (κ2) is 4.43. The SMILES string of the molecule is CCC1(C(F)(F)F)Oc2ccc(N)cc2C=C1C(=O)O. The fraction of sp³-hybridized carbons (Fsp3) is 0.308. The van der Waals surface area contributed by atoms with E-state index in [9.17, 15) is 18.0 Å². The standard InChI is InChI=1S/C13H12F3NO3/c1-2-12(13(14,15)16)9(11(18)19)6-7-5-8(17)3-4-10(7)20-12/h3-6H,2,17H2,1H3,(H,18,19). The van der Waals surface area contributed by atoms with Gasteiger partial charge in [-0.1, -0.05) is 6.92 Å². The summed E-state index contributed by atoms with van der Waals surface area (Å²) >= 11 is 0. The van der Waals surface area contributed by atoms with Crippen LogP contribution in [0.15, 0.2) is 23.8 Å². The van der Waals surface area contributed by atoms with Crippen molar-refractivity contribution in [2.75, 3.05) is 5.73 Å². The Morgan fingerprint density at radius 2 is 2.10 bits per heavy atom. The Bertz CT molecular complexity index is 595. The lowest BCUT2D eigenvalue weighted by Gasteiger charge is -2.38. The number of carboxylic acids is 1. The molecule has 3 N–H and O–H groups in total. The highest BCUT2D eigenvalue weighted by Gasteiger charge is 2.61. The van der Waals surface area contributed by atoms with Gasteiger partial charge in [-0.15, -0.1) is 0 Å². The third kappa shape index (κ3) is 1.99. The zero-order valence-corrected chi connectivity index (χ0v) is 10.5. The molecule has 0 amide bonds. The van der Waals surface area contributed by atoms with Gasteiger partial charge in [-0.2, -0.15) is 13.2 Å². The maximum Gasteiger partial charge on any atom is 0.432 e. The fourth-order valence-electron chi connectivity index (χ4n) is 2.20. The van der Waals surface area contributed by atoms with E-state index in [4.69, 9.17) is 15.6 Å². The summed E-state index contributed by atoms with van der Waals surface area (Å²) in [5.74, 6) is -1.71. The molecule has 20 heavy (non-hydrogen) atoms. The molecule has 0 saturated carbocycles. The van der Waals surface area contributed by atoms with Gasteiger partial charge in [-0.3, -0.25) is 0 Å². The average molecular weight is 287 g/mol. The summed E-state index contributed by atoms with van der Waals surface area (Å²) in [6.07, 6.45) is -4.42. The van der Waals surface area contributed by atoms with Gasteiger partial charge in [-0.25, -0.2) is 4.79 Å². The Balaban J connectivity index is 2.69. The fourth-order valence-corrected chi connectivity index (χ4v) is 2.20. The van der Waals surface area contributed by atoms with Crippen molar-refractivity contribution >= 4 is 17.7 Å². The molecule has 0 spiro atoms. The highest BCUT2D eigenvalue weighted by Crippen LogP contribution is 2.47. The molecule has 1 atom stereocenters. The molecule has 1 aliphatic heterocycles. The lowest BCUT2D eigenvalue weighted by Crippen LogP contribution is -2.54. The van der Waals surface area contributed by atoms with E-state index in [0.29, 0.717) is 5.69 Å². The molecule has 1 aromatic rings. The molecule has 0 fully saturated rings. The van der Waals surface area contributed by atoms with E-state index in [-0.39, 0.29) is 11.3 Å². The van der Waals surface area contributed by atoms with Crippen LogP contribution in [0.1, 0.15) is 18.9 Å². The topological polar surface area (TPSA) is 72.5 Å². The summed E-state index contributed by atoms with van der Waals surface area (Å²) in [6, 6.07) is 4.07. The Kier molecular flexibility index (Phi) is 3.15. The van der Waals surface area contributed by atoms with Crippen molar-refractivity contribution in [2.24, 2.45) is 0 Å². The molecule has 0 aromatic heterocycles. The summed E-state index contributed by atoms with van der Waals surface area (Å²) in [7, 11) is 0. The maximum absolute atomic E-state index is 13.3. The number of anilines is 1. The Morgan fingerprint density at radius 1 is 1.45 bits per heavy atom. The van der Waals surface area contributed by atoms with Crippen LogP contribution >= 0.6 is 0 Å². The predicted molar refractivity (Wildman–Crippen MR) is 66.2 cm³/mol. The zero-order chi connectivity index (χ0) is 15.1. The zero-order valence-electron chi connectivity index (χ0n) is 10.5. The number of alkyl halides is 3. The molecule has 0 bridgehead atoms. The van der Waals surface area contributed by atoms with Crippen molar-refractivity contribution in [2.45, 2.75) is 25.1 Å². The van der Waals surface area contributed by atoms with Crippen LogP contribution in [0, 0.1) is 0 Å². The van der Waals surface area contributed by atoms with Crippen molar-refractivity contribution in [3.8, 4) is 5.75 Å². The average Bonchev–Trinajstić information content (AvgIpc) is 2.35. The van der Waals surface area contributed by atoms with E-state index in [1.807, 2.05) is 0 Å². The van der Waals surface area contributed by atoms with Crippen LogP contribution in [0.3, 0.4) is 0 Å². The van der Waals surface area contributed by atoms with Crippen LogP contribution in [-0.2, 0) is 4.79 Å². The second-order valence-electron chi connectivity index (χ2n) is 4.44. The summed E-state index contributed by atoms with van der Waals surface area (Å²) < 4.78 is 45.0. The van der Waals surface area contributed by atoms with Crippen LogP contribution in [0.2, 0.25) is 0 Å². The van der Waals surface area contributed by atoms with Gasteiger partial charge < -0.3 is 15.6 Å². The monoisotopic (exact) mass is 287 g/mol. The van der Waals surface area contributed by atoms with Crippen molar-refractivity contribution in [1.29, 1.82) is 0 Å². The number of ether oxygens (including phenoxy) is 1. The second-order valence-corrected chi connectivity index (χ2v) is 4.44. The molecule has 0 radical (unpaired) electrons. The molecule has 4 nitrogen and oxygen atoms in total. The number of fused-ring (bicyclic) bond motifs is 1. The summed E-state index contributed by atoms with van der Waals surface area (Å²) in [4.78, 5) is 11.2. The van der Waals surface area contributed by atoms with Gasteiger partial charge in [0.2, 0.25) is 5.60 Å². The molecule has 1 unspecified atom stereocenters. The largest absolute Gasteiger partial charge is 0.478 e. The third-order valence-corrected chi connectivity index (χ3v) is 3.24. The van der Waals surface area contributed by atoms with Crippen LogP contribution < -0.4 is 10.5 Å². The first-order valence-corrected chi connectivity index (χ1v) is 5.82. The molecule has 0 saturated heterocycles. The molecule has 7 heteroatoms. The van der Waals surface area contributed by atoms with E-state index in [1.165, 1.54) is 25.1 Å². The molecule has 1 heterocycles. The molecule has 108 valence electrons. The lowest BCUT2D eigenvalue weighted by molar-refractivity contribution is -0.236. The van der Waals surface area contributed by atoms with Crippen molar-refractivity contribution in [3.63, 3.8) is 0 Å². The number of nitrogen functional groups attached to an aromatic ring is 1. The van der Waals surface area contributed by atoms with Gasteiger partial charge in [0, 0.05) is 11.3 Å². The van der Waals surface area contributed by atoms with Crippen molar-refractivity contribution in [3.05, 3.63) is 29.3 Å². The molecule has 2 rings (SSSR count). The van der Waals surface area contributed by atoms with Crippen molar-refractivity contribution in [1.82, 2.24) is 0 Å².